The lowest BCUT2D eigenvalue weighted by Gasteiger charge is -2.06. The van der Waals surface area contributed by atoms with Crippen molar-refractivity contribution in [3.8, 4) is 12.8 Å². The normalized spacial score (nSPS) is 11.0. The second kappa shape index (κ2) is 9.99. The fourth-order valence-electron chi connectivity index (χ4n) is 0.827. The van der Waals surface area contributed by atoms with Crippen LogP contribution in [-0.2, 0) is 4.79 Å². The van der Waals surface area contributed by atoms with Gasteiger partial charge in [0.2, 0.25) is 5.91 Å². The Morgan fingerprint density at radius 1 is 1.50 bits per heavy atom. The zero-order chi connectivity index (χ0) is 9.98. The number of amides is 1. The monoisotopic (exact) mass is 170 g/mol. The number of carbonyl (C=O) groups excluding carboxylic acids is 1. The summed E-state index contributed by atoms with van der Waals surface area (Å²) >= 11 is 0. The molecule has 0 aliphatic heterocycles. The minimum atomic E-state index is -0.302. The first-order chi connectivity index (χ1) is 5.66. The minimum Gasteiger partial charge on any atom is -0.370 e. The average molecular weight is 170 g/mol. The Balaban J connectivity index is 0. The Kier molecular flexibility index (Phi) is 11.3. The van der Waals surface area contributed by atoms with Gasteiger partial charge < -0.3 is 11.5 Å². The number of hydrogen-bond acceptors (Lipinski definition) is 2. The number of carbonyl (C=O) groups is 1. The van der Waals surface area contributed by atoms with Crippen LogP contribution in [0.2, 0.25) is 0 Å². The average Bonchev–Trinajstić information content (AvgIpc) is 2.03. The SMILES string of the molecule is C#C.CCCC[C@H](N)CC(N)=O. The van der Waals surface area contributed by atoms with Crippen LogP contribution >= 0.6 is 0 Å². The molecule has 0 bridgehead atoms. The summed E-state index contributed by atoms with van der Waals surface area (Å²) in [6.07, 6.45) is 11.4. The molecule has 0 spiro atoms. The van der Waals surface area contributed by atoms with E-state index in [1.807, 2.05) is 0 Å². The number of terminal acetylenes is 1. The number of primary amides is 1. The highest BCUT2D eigenvalue weighted by Gasteiger charge is 2.04. The van der Waals surface area contributed by atoms with E-state index in [-0.39, 0.29) is 11.9 Å². The summed E-state index contributed by atoms with van der Waals surface area (Å²) < 4.78 is 0. The molecule has 1 atom stereocenters. The lowest BCUT2D eigenvalue weighted by molar-refractivity contribution is -0.118. The predicted octanol–water partition coefficient (Wildman–Crippen LogP) is 0.629. The van der Waals surface area contributed by atoms with E-state index in [1.54, 1.807) is 0 Å². The number of rotatable bonds is 5. The second-order valence-electron chi connectivity index (χ2n) is 2.57. The van der Waals surface area contributed by atoms with E-state index in [4.69, 9.17) is 11.5 Å². The van der Waals surface area contributed by atoms with Gasteiger partial charge in [0.05, 0.1) is 0 Å². The van der Waals surface area contributed by atoms with E-state index in [1.165, 1.54) is 0 Å². The molecule has 3 heteroatoms. The molecular formula is C9H18N2O. The molecule has 0 aliphatic rings. The zero-order valence-corrected chi connectivity index (χ0v) is 7.62. The Morgan fingerprint density at radius 3 is 2.33 bits per heavy atom. The summed E-state index contributed by atoms with van der Waals surface area (Å²) in [5, 5.41) is 0. The third-order valence-electron chi connectivity index (χ3n) is 1.39. The Morgan fingerprint density at radius 2 is 2.00 bits per heavy atom. The van der Waals surface area contributed by atoms with Gasteiger partial charge in [-0.1, -0.05) is 19.8 Å². The number of nitrogens with two attached hydrogens (primary N) is 2. The zero-order valence-electron chi connectivity index (χ0n) is 7.62. The third-order valence-corrected chi connectivity index (χ3v) is 1.39. The second-order valence-corrected chi connectivity index (χ2v) is 2.57. The van der Waals surface area contributed by atoms with E-state index in [9.17, 15) is 4.79 Å². The van der Waals surface area contributed by atoms with Crippen LogP contribution in [0.3, 0.4) is 0 Å². The molecular weight excluding hydrogens is 152 g/mol. The third kappa shape index (κ3) is 11.7. The predicted molar refractivity (Wildman–Crippen MR) is 51.2 cm³/mol. The molecule has 0 aliphatic carbocycles. The van der Waals surface area contributed by atoms with Crippen LogP contribution < -0.4 is 11.5 Å². The summed E-state index contributed by atoms with van der Waals surface area (Å²) in [6, 6.07) is -0.0301. The Bertz CT molecular complexity index is 132. The van der Waals surface area contributed by atoms with Crippen molar-refractivity contribution in [2.75, 3.05) is 0 Å². The highest BCUT2D eigenvalue weighted by atomic mass is 16.1. The van der Waals surface area contributed by atoms with Crippen molar-refractivity contribution in [3.05, 3.63) is 0 Å². The van der Waals surface area contributed by atoms with Gasteiger partial charge in [-0.05, 0) is 6.42 Å². The van der Waals surface area contributed by atoms with Crippen LogP contribution in [0.25, 0.3) is 0 Å². The molecule has 1 amide bonds. The van der Waals surface area contributed by atoms with Gasteiger partial charge in [0.25, 0.3) is 0 Å². The molecule has 0 heterocycles. The molecule has 70 valence electrons. The van der Waals surface area contributed by atoms with Crippen molar-refractivity contribution >= 4 is 5.91 Å². The van der Waals surface area contributed by atoms with Gasteiger partial charge in [-0.25, -0.2) is 0 Å². The Hall–Kier alpha value is -1.01. The maximum atomic E-state index is 10.3. The standard InChI is InChI=1S/C7H16N2O.C2H2/c1-2-3-4-6(8)5-7(9)10;1-2/h6H,2-5,8H2,1H3,(H2,9,10);1-2H/t6-;/m0./s1. The van der Waals surface area contributed by atoms with Gasteiger partial charge in [-0.3, -0.25) is 4.79 Å². The summed E-state index contributed by atoms with van der Waals surface area (Å²) in [7, 11) is 0. The fraction of sp³-hybridized carbons (Fsp3) is 0.667. The van der Waals surface area contributed by atoms with E-state index >= 15 is 0 Å². The summed E-state index contributed by atoms with van der Waals surface area (Å²) in [5.41, 5.74) is 10.5. The lowest BCUT2D eigenvalue weighted by Crippen LogP contribution is -2.27. The van der Waals surface area contributed by atoms with Crippen LogP contribution in [0.4, 0.5) is 0 Å². The summed E-state index contributed by atoms with van der Waals surface area (Å²) in [6.45, 7) is 2.09. The van der Waals surface area contributed by atoms with E-state index in [2.05, 4.69) is 19.8 Å². The highest BCUT2D eigenvalue weighted by molar-refractivity contribution is 5.74. The first kappa shape index (κ1) is 13.6. The molecule has 0 unspecified atom stereocenters. The van der Waals surface area contributed by atoms with Crippen LogP contribution in [0.15, 0.2) is 0 Å². The van der Waals surface area contributed by atoms with Gasteiger partial charge >= 0.3 is 0 Å². The van der Waals surface area contributed by atoms with Gasteiger partial charge in [-0.2, -0.15) is 0 Å². The molecule has 0 saturated carbocycles. The summed E-state index contributed by atoms with van der Waals surface area (Å²) in [4.78, 5) is 10.3. The number of hydrogen-bond donors (Lipinski definition) is 2. The number of unbranched alkanes of at least 4 members (excludes halogenated alkanes) is 1. The van der Waals surface area contributed by atoms with Crippen molar-refractivity contribution < 1.29 is 4.79 Å². The van der Waals surface area contributed by atoms with Crippen molar-refractivity contribution in [1.82, 2.24) is 0 Å². The maximum Gasteiger partial charge on any atom is 0.218 e. The quantitative estimate of drug-likeness (QED) is 0.594. The molecule has 0 aromatic carbocycles. The van der Waals surface area contributed by atoms with Crippen molar-refractivity contribution in [2.24, 2.45) is 11.5 Å². The van der Waals surface area contributed by atoms with Gasteiger partial charge in [0.1, 0.15) is 0 Å². The van der Waals surface area contributed by atoms with E-state index in [0.29, 0.717) is 6.42 Å². The van der Waals surface area contributed by atoms with Crippen molar-refractivity contribution in [3.63, 3.8) is 0 Å². The van der Waals surface area contributed by atoms with Gasteiger partial charge in [0, 0.05) is 12.5 Å². The smallest absolute Gasteiger partial charge is 0.218 e. The molecule has 0 saturated heterocycles. The molecule has 0 aromatic rings. The molecule has 0 fully saturated rings. The maximum absolute atomic E-state index is 10.3. The van der Waals surface area contributed by atoms with Crippen LogP contribution in [0.5, 0.6) is 0 Å². The molecule has 0 rings (SSSR count). The first-order valence-corrected chi connectivity index (χ1v) is 4.04. The summed E-state index contributed by atoms with van der Waals surface area (Å²) in [5.74, 6) is -0.302. The fourth-order valence-corrected chi connectivity index (χ4v) is 0.827. The largest absolute Gasteiger partial charge is 0.370 e. The van der Waals surface area contributed by atoms with E-state index < -0.39 is 0 Å². The molecule has 12 heavy (non-hydrogen) atoms. The van der Waals surface area contributed by atoms with Crippen LogP contribution in [0, 0.1) is 12.8 Å². The minimum absolute atomic E-state index is 0.0301. The topological polar surface area (TPSA) is 69.1 Å². The highest BCUT2D eigenvalue weighted by Crippen LogP contribution is 2.00. The molecule has 4 N–H and O–H groups in total. The van der Waals surface area contributed by atoms with Crippen LogP contribution in [-0.4, -0.2) is 11.9 Å². The van der Waals surface area contributed by atoms with Crippen LogP contribution in [0.1, 0.15) is 32.6 Å². The van der Waals surface area contributed by atoms with Crippen molar-refractivity contribution in [1.29, 1.82) is 0 Å². The molecule has 3 nitrogen and oxygen atoms in total. The Labute approximate surface area is 74.5 Å². The molecule has 0 radical (unpaired) electrons. The van der Waals surface area contributed by atoms with E-state index in [0.717, 1.165) is 19.3 Å². The van der Waals surface area contributed by atoms with Crippen molar-refractivity contribution in [2.45, 2.75) is 38.6 Å². The van der Waals surface area contributed by atoms with Gasteiger partial charge in [0.15, 0.2) is 0 Å². The lowest BCUT2D eigenvalue weighted by atomic mass is 10.1. The first-order valence-electron chi connectivity index (χ1n) is 4.04. The van der Waals surface area contributed by atoms with Gasteiger partial charge in [-0.15, -0.1) is 12.8 Å². The molecule has 0 aromatic heterocycles.